The zero-order valence-corrected chi connectivity index (χ0v) is 8.78. The molecule has 0 aliphatic rings. The van der Waals surface area contributed by atoms with Gasteiger partial charge in [0.1, 0.15) is 5.82 Å². The molecule has 0 atom stereocenters. The fraction of sp³-hybridized carbons (Fsp3) is 0.444. The normalized spacial score (nSPS) is 9.73. The van der Waals surface area contributed by atoms with Gasteiger partial charge in [0.15, 0.2) is 5.82 Å². The van der Waals surface area contributed by atoms with E-state index in [9.17, 15) is 4.79 Å². The number of anilines is 2. The average Bonchev–Trinajstić information content (AvgIpc) is 2.20. The standard InChI is InChI=1S/C9H14N4O2/c1-7(14)11-9-4-3-8(12-13-9)10-5-6-15-2/h3-4H,5-6H2,1-2H3,(H,10,12)(H,11,13,14). The molecule has 0 aliphatic heterocycles. The Morgan fingerprint density at radius 1 is 1.40 bits per heavy atom. The van der Waals surface area contributed by atoms with Gasteiger partial charge in [-0.1, -0.05) is 0 Å². The van der Waals surface area contributed by atoms with Crippen molar-refractivity contribution in [1.82, 2.24) is 10.2 Å². The lowest BCUT2D eigenvalue weighted by Crippen LogP contribution is -2.11. The van der Waals surface area contributed by atoms with Gasteiger partial charge in [0.05, 0.1) is 6.61 Å². The molecule has 1 aromatic rings. The molecule has 0 spiro atoms. The van der Waals surface area contributed by atoms with E-state index in [0.29, 0.717) is 24.8 Å². The van der Waals surface area contributed by atoms with E-state index in [1.165, 1.54) is 6.92 Å². The lowest BCUT2D eigenvalue weighted by Gasteiger charge is -2.04. The lowest BCUT2D eigenvalue weighted by atomic mass is 10.4. The van der Waals surface area contributed by atoms with Gasteiger partial charge in [-0.05, 0) is 12.1 Å². The first-order valence-electron chi connectivity index (χ1n) is 4.56. The van der Waals surface area contributed by atoms with Crippen LogP contribution in [-0.4, -0.2) is 36.4 Å². The summed E-state index contributed by atoms with van der Waals surface area (Å²) in [5.41, 5.74) is 0. The SMILES string of the molecule is COCCNc1ccc(NC(C)=O)nn1. The Bertz CT molecular complexity index is 312. The molecule has 0 bridgehead atoms. The highest BCUT2D eigenvalue weighted by atomic mass is 16.5. The van der Waals surface area contributed by atoms with Crippen molar-refractivity contribution in [3.63, 3.8) is 0 Å². The molecule has 6 heteroatoms. The monoisotopic (exact) mass is 210 g/mol. The van der Waals surface area contributed by atoms with Crippen molar-refractivity contribution in [2.75, 3.05) is 30.9 Å². The smallest absolute Gasteiger partial charge is 0.222 e. The number of nitrogens with one attached hydrogen (secondary N) is 2. The van der Waals surface area contributed by atoms with Gasteiger partial charge in [0, 0.05) is 20.6 Å². The van der Waals surface area contributed by atoms with Gasteiger partial charge in [0.25, 0.3) is 0 Å². The van der Waals surface area contributed by atoms with Gasteiger partial charge in [0.2, 0.25) is 5.91 Å². The Kier molecular flexibility index (Phi) is 4.49. The fourth-order valence-corrected chi connectivity index (χ4v) is 0.955. The van der Waals surface area contributed by atoms with E-state index in [1.54, 1.807) is 19.2 Å². The number of hydrogen-bond donors (Lipinski definition) is 2. The summed E-state index contributed by atoms with van der Waals surface area (Å²) < 4.78 is 4.87. The van der Waals surface area contributed by atoms with Crippen molar-refractivity contribution in [1.29, 1.82) is 0 Å². The van der Waals surface area contributed by atoms with Crippen LogP contribution in [0.3, 0.4) is 0 Å². The second-order valence-electron chi connectivity index (χ2n) is 2.90. The Morgan fingerprint density at radius 3 is 2.60 bits per heavy atom. The van der Waals surface area contributed by atoms with Crippen LogP contribution in [0.1, 0.15) is 6.92 Å². The first-order valence-corrected chi connectivity index (χ1v) is 4.56. The summed E-state index contributed by atoms with van der Waals surface area (Å²) in [5, 5.41) is 13.2. The van der Waals surface area contributed by atoms with Crippen molar-refractivity contribution in [2.45, 2.75) is 6.92 Å². The summed E-state index contributed by atoms with van der Waals surface area (Å²) in [7, 11) is 1.63. The van der Waals surface area contributed by atoms with E-state index in [-0.39, 0.29) is 5.91 Å². The number of methoxy groups -OCH3 is 1. The molecule has 82 valence electrons. The number of amides is 1. The predicted molar refractivity (Wildman–Crippen MR) is 56.7 cm³/mol. The minimum Gasteiger partial charge on any atom is -0.383 e. The topological polar surface area (TPSA) is 76.1 Å². The van der Waals surface area contributed by atoms with Crippen LogP contribution in [0.2, 0.25) is 0 Å². The molecule has 1 heterocycles. The highest BCUT2D eigenvalue weighted by Gasteiger charge is 1.98. The average molecular weight is 210 g/mol. The third-order valence-corrected chi connectivity index (χ3v) is 1.58. The zero-order valence-electron chi connectivity index (χ0n) is 8.78. The molecule has 0 saturated carbocycles. The number of carbonyl (C=O) groups is 1. The van der Waals surface area contributed by atoms with Gasteiger partial charge in [-0.15, -0.1) is 10.2 Å². The number of nitrogens with zero attached hydrogens (tertiary/aromatic N) is 2. The van der Waals surface area contributed by atoms with E-state index in [4.69, 9.17) is 4.74 Å². The molecule has 2 N–H and O–H groups in total. The minimum atomic E-state index is -0.163. The predicted octanol–water partition coefficient (Wildman–Crippen LogP) is 0.493. The van der Waals surface area contributed by atoms with Crippen LogP contribution in [0.5, 0.6) is 0 Å². The summed E-state index contributed by atoms with van der Waals surface area (Å²) in [6.45, 7) is 2.70. The number of carbonyl (C=O) groups excluding carboxylic acids is 1. The van der Waals surface area contributed by atoms with E-state index in [1.807, 2.05) is 0 Å². The molecule has 0 aromatic carbocycles. The largest absolute Gasteiger partial charge is 0.383 e. The summed E-state index contributed by atoms with van der Waals surface area (Å²) in [6, 6.07) is 3.43. The molecule has 0 unspecified atom stereocenters. The molecule has 15 heavy (non-hydrogen) atoms. The molecule has 0 radical (unpaired) electrons. The molecular formula is C9H14N4O2. The van der Waals surface area contributed by atoms with Crippen molar-refractivity contribution >= 4 is 17.5 Å². The van der Waals surface area contributed by atoms with Crippen LogP contribution < -0.4 is 10.6 Å². The highest BCUT2D eigenvalue weighted by molar-refractivity contribution is 5.87. The number of ether oxygens (including phenoxy) is 1. The molecule has 1 aromatic heterocycles. The zero-order chi connectivity index (χ0) is 11.1. The molecule has 1 rings (SSSR count). The Morgan fingerprint density at radius 2 is 2.07 bits per heavy atom. The van der Waals surface area contributed by atoms with Crippen LogP contribution in [0.15, 0.2) is 12.1 Å². The van der Waals surface area contributed by atoms with Crippen LogP contribution in [-0.2, 0) is 9.53 Å². The van der Waals surface area contributed by atoms with E-state index >= 15 is 0 Å². The molecule has 1 amide bonds. The summed E-state index contributed by atoms with van der Waals surface area (Å²) in [4.78, 5) is 10.7. The van der Waals surface area contributed by atoms with Gasteiger partial charge < -0.3 is 15.4 Å². The maximum Gasteiger partial charge on any atom is 0.222 e. The van der Waals surface area contributed by atoms with Gasteiger partial charge in [-0.3, -0.25) is 4.79 Å². The summed E-state index contributed by atoms with van der Waals surface area (Å²) >= 11 is 0. The Balaban J connectivity index is 2.45. The van der Waals surface area contributed by atoms with Gasteiger partial charge >= 0.3 is 0 Å². The van der Waals surface area contributed by atoms with Crippen molar-refractivity contribution in [3.05, 3.63) is 12.1 Å². The van der Waals surface area contributed by atoms with Crippen LogP contribution >= 0.6 is 0 Å². The van der Waals surface area contributed by atoms with Crippen molar-refractivity contribution in [2.24, 2.45) is 0 Å². The number of hydrogen-bond acceptors (Lipinski definition) is 5. The van der Waals surface area contributed by atoms with E-state index < -0.39 is 0 Å². The van der Waals surface area contributed by atoms with Crippen LogP contribution in [0.25, 0.3) is 0 Å². The lowest BCUT2D eigenvalue weighted by molar-refractivity contribution is -0.114. The highest BCUT2D eigenvalue weighted by Crippen LogP contribution is 2.05. The summed E-state index contributed by atoms with van der Waals surface area (Å²) in [6.07, 6.45) is 0. The van der Waals surface area contributed by atoms with Crippen molar-refractivity contribution in [3.8, 4) is 0 Å². The van der Waals surface area contributed by atoms with Crippen molar-refractivity contribution < 1.29 is 9.53 Å². The summed E-state index contributed by atoms with van der Waals surface area (Å²) in [5.74, 6) is 0.935. The van der Waals surface area contributed by atoms with Crippen LogP contribution in [0, 0.1) is 0 Å². The third kappa shape index (κ3) is 4.37. The third-order valence-electron chi connectivity index (χ3n) is 1.58. The Labute approximate surface area is 88.0 Å². The number of rotatable bonds is 5. The number of aromatic nitrogens is 2. The molecule has 0 saturated heterocycles. The maximum absolute atomic E-state index is 10.7. The van der Waals surface area contributed by atoms with Gasteiger partial charge in [-0.2, -0.15) is 0 Å². The molecule has 6 nitrogen and oxygen atoms in total. The fourth-order valence-electron chi connectivity index (χ4n) is 0.955. The molecule has 0 aliphatic carbocycles. The first kappa shape index (κ1) is 11.4. The first-order chi connectivity index (χ1) is 7.22. The molecule has 0 fully saturated rings. The quantitative estimate of drug-likeness (QED) is 0.692. The van der Waals surface area contributed by atoms with Crippen LogP contribution in [0.4, 0.5) is 11.6 Å². The van der Waals surface area contributed by atoms with E-state index in [0.717, 1.165) is 0 Å². The van der Waals surface area contributed by atoms with E-state index in [2.05, 4.69) is 20.8 Å². The minimum absolute atomic E-state index is 0.163. The van der Waals surface area contributed by atoms with Gasteiger partial charge in [-0.25, -0.2) is 0 Å². The Hall–Kier alpha value is -1.69. The molecular weight excluding hydrogens is 196 g/mol. The maximum atomic E-state index is 10.7. The second kappa shape index (κ2) is 5.92. The second-order valence-corrected chi connectivity index (χ2v) is 2.90.